The number of nitrogens with zero attached hydrogens (tertiary/aromatic N) is 3. The van der Waals surface area contributed by atoms with Gasteiger partial charge in [0.2, 0.25) is 0 Å². The summed E-state index contributed by atoms with van der Waals surface area (Å²) in [5.41, 5.74) is 3.79. The number of benzene rings is 1. The Morgan fingerprint density at radius 1 is 1.12 bits per heavy atom. The van der Waals surface area contributed by atoms with Crippen molar-refractivity contribution in [3.63, 3.8) is 0 Å². The van der Waals surface area contributed by atoms with E-state index < -0.39 is 5.60 Å². The molecule has 0 fully saturated rings. The zero-order valence-electron chi connectivity index (χ0n) is 19.9. The van der Waals surface area contributed by atoms with Crippen molar-refractivity contribution >= 4 is 36.0 Å². The molecule has 176 valence electrons. The van der Waals surface area contributed by atoms with E-state index in [-0.39, 0.29) is 30.1 Å². The van der Waals surface area contributed by atoms with Crippen LogP contribution < -0.4 is 10.6 Å². The van der Waals surface area contributed by atoms with Crippen molar-refractivity contribution in [2.24, 2.45) is 4.99 Å². The predicted octanol–water partition coefficient (Wildman–Crippen LogP) is 4.63. The normalized spacial score (nSPS) is 11.4. The number of nitrogens with one attached hydrogen (secondary N) is 2. The number of amides is 1. The lowest BCUT2D eigenvalue weighted by Gasteiger charge is -2.24. The van der Waals surface area contributed by atoms with Crippen LogP contribution in [0.1, 0.15) is 50.1 Å². The van der Waals surface area contributed by atoms with Crippen LogP contribution in [-0.2, 0) is 24.4 Å². The molecule has 0 aliphatic heterocycles. The van der Waals surface area contributed by atoms with Crippen LogP contribution in [0, 0.1) is 6.92 Å². The van der Waals surface area contributed by atoms with Crippen molar-refractivity contribution in [2.75, 3.05) is 13.6 Å². The van der Waals surface area contributed by atoms with Gasteiger partial charge in [-0.2, -0.15) is 0 Å². The van der Waals surface area contributed by atoms with E-state index in [1.54, 1.807) is 18.1 Å². The third-order valence-corrected chi connectivity index (χ3v) is 4.45. The monoisotopic (exact) mass is 553 g/mol. The lowest BCUT2D eigenvalue weighted by atomic mass is 10.1. The Morgan fingerprint density at radius 3 is 2.38 bits per heavy atom. The Labute approximate surface area is 209 Å². The topological polar surface area (TPSA) is 78.9 Å². The predicted molar refractivity (Wildman–Crippen MR) is 140 cm³/mol. The molecule has 32 heavy (non-hydrogen) atoms. The third-order valence-electron chi connectivity index (χ3n) is 4.45. The van der Waals surface area contributed by atoms with E-state index in [0.717, 1.165) is 34.9 Å². The van der Waals surface area contributed by atoms with Crippen LogP contribution in [0.15, 0.2) is 47.6 Å². The van der Waals surface area contributed by atoms with E-state index in [2.05, 4.69) is 33.6 Å². The summed E-state index contributed by atoms with van der Waals surface area (Å²) in [4.78, 5) is 22.8. The molecule has 0 saturated carbocycles. The number of rotatable bonds is 7. The van der Waals surface area contributed by atoms with E-state index in [1.807, 2.05) is 58.0 Å². The molecule has 1 aromatic heterocycles. The number of aryl methyl sites for hydroxylation is 1. The summed E-state index contributed by atoms with van der Waals surface area (Å²) in [6, 6.07) is 12.1. The number of pyridine rings is 1. The first-order valence-electron chi connectivity index (χ1n) is 10.6. The highest BCUT2D eigenvalue weighted by atomic mass is 127. The Morgan fingerprint density at radius 2 is 1.78 bits per heavy atom. The summed E-state index contributed by atoms with van der Waals surface area (Å²) >= 11 is 0. The Kier molecular flexibility index (Phi) is 11.5. The van der Waals surface area contributed by atoms with Crippen LogP contribution in [0.3, 0.4) is 0 Å². The summed E-state index contributed by atoms with van der Waals surface area (Å²) in [5, 5.41) is 6.60. The van der Waals surface area contributed by atoms with Gasteiger partial charge in [-0.15, -0.1) is 24.0 Å². The van der Waals surface area contributed by atoms with Crippen molar-refractivity contribution in [3.8, 4) is 0 Å². The van der Waals surface area contributed by atoms with Crippen molar-refractivity contribution in [1.29, 1.82) is 0 Å². The number of guanidine groups is 1. The number of carbonyl (C=O) groups is 1. The van der Waals surface area contributed by atoms with E-state index in [4.69, 9.17) is 4.74 Å². The molecule has 1 aromatic carbocycles. The maximum Gasteiger partial charge on any atom is 0.410 e. The van der Waals surface area contributed by atoms with Gasteiger partial charge >= 0.3 is 6.09 Å². The van der Waals surface area contributed by atoms with Gasteiger partial charge in [-0.05, 0) is 57.4 Å². The fourth-order valence-electron chi connectivity index (χ4n) is 2.81. The van der Waals surface area contributed by atoms with Crippen LogP contribution in [0.25, 0.3) is 0 Å². The lowest BCUT2D eigenvalue weighted by Crippen LogP contribution is -2.37. The van der Waals surface area contributed by atoms with Crippen LogP contribution in [0.4, 0.5) is 4.79 Å². The van der Waals surface area contributed by atoms with Gasteiger partial charge < -0.3 is 20.3 Å². The Bertz CT molecular complexity index is 879. The van der Waals surface area contributed by atoms with Gasteiger partial charge in [0.1, 0.15) is 5.60 Å². The summed E-state index contributed by atoms with van der Waals surface area (Å²) in [7, 11) is 1.74. The maximum atomic E-state index is 12.1. The maximum absolute atomic E-state index is 12.1. The second kappa shape index (κ2) is 13.2. The largest absolute Gasteiger partial charge is 0.444 e. The van der Waals surface area contributed by atoms with Gasteiger partial charge in [-0.3, -0.25) is 4.98 Å². The second-order valence-corrected chi connectivity index (χ2v) is 8.47. The Hall–Kier alpha value is -2.36. The third kappa shape index (κ3) is 9.84. The average molecular weight is 553 g/mol. The molecule has 0 bridgehead atoms. The zero-order chi connectivity index (χ0) is 22.9. The molecule has 0 unspecified atom stereocenters. The minimum Gasteiger partial charge on any atom is -0.444 e. The Balaban J connectivity index is 0.00000512. The van der Waals surface area contributed by atoms with Gasteiger partial charge in [0.05, 0.1) is 18.8 Å². The van der Waals surface area contributed by atoms with E-state index in [0.29, 0.717) is 19.6 Å². The molecule has 8 heteroatoms. The molecule has 2 rings (SSSR count). The molecular formula is C24H36IN5O2. The molecule has 1 heterocycles. The highest BCUT2D eigenvalue weighted by molar-refractivity contribution is 14.0. The molecule has 0 atom stereocenters. The summed E-state index contributed by atoms with van der Waals surface area (Å²) < 4.78 is 5.40. The van der Waals surface area contributed by atoms with Gasteiger partial charge in [0, 0.05) is 26.3 Å². The molecular weight excluding hydrogens is 517 g/mol. The van der Waals surface area contributed by atoms with E-state index >= 15 is 0 Å². The molecule has 0 spiro atoms. The van der Waals surface area contributed by atoms with Crippen molar-refractivity contribution in [3.05, 3.63) is 65.0 Å². The summed E-state index contributed by atoms with van der Waals surface area (Å²) in [6.07, 6.45) is 1.47. The summed E-state index contributed by atoms with van der Waals surface area (Å²) in [6.45, 7) is 12.1. The number of aromatic nitrogens is 1. The first kappa shape index (κ1) is 27.7. The number of hydrogen-bond acceptors (Lipinski definition) is 4. The molecule has 2 N–H and O–H groups in total. The standard InChI is InChI=1S/C24H35N5O2.HI/c1-7-25-22(28-16-21-18(2)9-8-14-26-21)27-15-19-10-12-20(13-11-19)17-29(6)23(30)31-24(3,4)5;/h8-14H,7,15-17H2,1-6H3,(H2,25,27,28);1H. The van der Waals surface area contributed by atoms with Crippen LogP contribution in [0.5, 0.6) is 0 Å². The second-order valence-electron chi connectivity index (χ2n) is 8.47. The van der Waals surface area contributed by atoms with Crippen molar-refractivity contribution in [2.45, 2.75) is 59.9 Å². The molecule has 0 aliphatic carbocycles. The SMILES string of the molecule is CCNC(=NCc1ccc(CN(C)C(=O)OC(C)(C)C)cc1)NCc1ncccc1C.I. The highest BCUT2D eigenvalue weighted by Crippen LogP contribution is 2.12. The number of aliphatic imine (C=N–C) groups is 1. The number of halogens is 1. The molecule has 0 saturated heterocycles. The molecule has 1 amide bonds. The van der Waals surface area contributed by atoms with Crippen molar-refractivity contribution < 1.29 is 9.53 Å². The summed E-state index contributed by atoms with van der Waals surface area (Å²) in [5.74, 6) is 0.751. The number of carbonyl (C=O) groups excluding carboxylic acids is 1. The van der Waals surface area contributed by atoms with Crippen LogP contribution >= 0.6 is 24.0 Å². The van der Waals surface area contributed by atoms with Crippen molar-refractivity contribution in [1.82, 2.24) is 20.5 Å². The molecule has 7 nitrogen and oxygen atoms in total. The van der Waals surface area contributed by atoms with E-state index in [1.165, 1.54) is 0 Å². The minimum absolute atomic E-state index is 0. The fraction of sp³-hybridized carbons (Fsp3) is 0.458. The van der Waals surface area contributed by atoms with Gasteiger partial charge in [0.25, 0.3) is 0 Å². The fourth-order valence-corrected chi connectivity index (χ4v) is 2.81. The molecule has 0 radical (unpaired) electrons. The lowest BCUT2D eigenvalue weighted by molar-refractivity contribution is 0.0285. The first-order chi connectivity index (χ1) is 14.7. The molecule has 0 aliphatic rings. The minimum atomic E-state index is -0.499. The smallest absolute Gasteiger partial charge is 0.410 e. The average Bonchev–Trinajstić information content (AvgIpc) is 2.71. The van der Waals surface area contributed by atoms with Crippen LogP contribution in [0.2, 0.25) is 0 Å². The quantitative estimate of drug-likeness (QED) is 0.297. The van der Waals surface area contributed by atoms with Gasteiger partial charge in [0.15, 0.2) is 5.96 Å². The number of hydrogen-bond donors (Lipinski definition) is 2. The van der Waals surface area contributed by atoms with Gasteiger partial charge in [-0.1, -0.05) is 30.3 Å². The molecule has 2 aromatic rings. The highest BCUT2D eigenvalue weighted by Gasteiger charge is 2.19. The number of ether oxygens (including phenoxy) is 1. The van der Waals surface area contributed by atoms with Gasteiger partial charge in [-0.25, -0.2) is 9.79 Å². The van der Waals surface area contributed by atoms with Crippen LogP contribution in [-0.4, -0.2) is 41.1 Å². The zero-order valence-corrected chi connectivity index (χ0v) is 22.3. The first-order valence-corrected chi connectivity index (χ1v) is 10.6. The van der Waals surface area contributed by atoms with E-state index in [9.17, 15) is 4.79 Å².